The van der Waals surface area contributed by atoms with Crippen LogP contribution in [0.2, 0.25) is 0 Å². The van der Waals surface area contributed by atoms with Gasteiger partial charge in [0.1, 0.15) is 0 Å². The Kier molecular flexibility index (Phi) is 5.06. The zero-order chi connectivity index (χ0) is 14.6. The van der Waals surface area contributed by atoms with E-state index in [0.29, 0.717) is 6.04 Å². The van der Waals surface area contributed by atoms with Crippen LogP contribution in [0.15, 0.2) is 24.3 Å². The van der Waals surface area contributed by atoms with Gasteiger partial charge in [-0.25, -0.2) is 0 Å². The van der Waals surface area contributed by atoms with E-state index in [1.54, 1.807) is 0 Å². The molecule has 1 aromatic carbocycles. The van der Waals surface area contributed by atoms with Crippen molar-refractivity contribution in [2.45, 2.75) is 45.7 Å². The molecule has 1 unspecified atom stereocenters. The molecule has 1 atom stereocenters. The molecule has 1 saturated heterocycles. The van der Waals surface area contributed by atoms with Gasteiger partial charge >= 0.3 is 0 Å². The number of benzene rings is 1. The summed E-state index contributed by atoms with van der Waals surface area (Å²) >= 11 is 0. The van der Waals surface area contributed by atoms with Crippen molar-refractivity contribution in [3.8, 4) is 0 Å². The summed E-state index contributed by atoms with van der Waals surface area (Å²) in [4.78, 5) is 2.50. The fourth-order valence-corrected chi connectivity index (χ4v) is 2.88. The molecule has 3 nitrogen and oxygen atoms in total. The summed E-state index contributed by atoms with van der Waals surface area (Å²) in [6, 6.07) is 9.14. The maximum absolute atomic E-state index is 5.64. The monoisotopic (exact) mass is 276 g/mol. The third kappa shape index (κ3) is 3.33. The van der Waals surface area contributed by atoms with Crippen LogP contribution in [-0.4, -0.2) is 31.8 Å². The van der Waals surface area contributed by atoms with E-state index in [1.807, 2.05) is 0 Å². The molecule has 3 heteroatoms. The summed E-state index contributed by atoms with van der Waals surface area (Å²) in [5.41, 5.74) is 2.78. The molecule has 1 aliphatic rings. The van der Waals surface area contributed by atoms with Crippen molar-refractivity contribution in [2.75, 3.05) is 31.2 Å². The highest BCUT2D eigenvalue weighted by Crippen LogP contribution is 2.32. The highest BCUT2D eigenvalue weighted by atomic mass is 16.5. The number of rotatable bonds is 5. The largest absolute Gasteiger partial charge is 0.377 e. The number of nitrogens with zero attached hydrogens (tertiary/aromatic N) is 1. The molecule has 1 fully saturated rings. The lowest BCUT2D eigenvalue weighted by Crippen LogP contribution is -2.53. The van der Waals surface area contributed by atoms with Crippen molar-refractivity contribution in [3.05, 3.63) is 29.8 Å². The van der Waals surface area contributed by atoms with E-state index < -0.39 is 0 Å². The van der Waals surface area contributed by atoms with Gasteiger partial charge in [-0.3, -0.25) is 0 Å². The lowest BCUT2D eigenvalue weighted by atomic mass is 9.97. The summed E-state index contributed by atoms with van der Waals surface area (Å²) < 4.78 is 5.64. The van der Waals surface area contributed by atoms with Crippen molar-refractivity contribution in [1.82, 2.24) is 5.32 Å². The molecule has 0 aromatic heterocycles. The van der Waals surface area contributed by atoms with E-state index in [-0.39, 0.29) is 5.54 Å². The molecule has 0 aliphatic carbocycles. The molecule has 1 N–H and O–H groups in total. The molecule has 0 saturated carbocycles. The quantitative estimate of drug-likeness (QED) is 0.892. The number of para-hydroxylation sites is 1. The predicted octanol–water partition coefficient (Wildman–Crippen LogP) is 3.36. The standard InChI is InChI=1S/C17H28N2O/c1-5-10-18-14(2)15-8-6-7-9-16(15)19-11-12-20-13-17(19,3)4/h6-9,14,18H,5,10-13H2,1-4H3. The summed E-state index contributed by atoms with van der Waals surface area (Å²) in [6.07, 6.45) is 1.16. The van der Waals surface area contributed by atoms with Gasteiger partial charge in [0.2, 0.25) is 0 Å². The van der Waals surface area contributed by atoms with Crippen LogP contribution in [0.25, 0.3) is 0 Å². The minimum Gasteiger partial charge on any atom is -0.377 e. The van der Waals surface area contributed by atoms with E-state index in [1.165, 1.54) is 11.3 Å². The van der Waals surface area contributed by atoms with E-state index in [2.05, 4.69) is 62.2 Å². The van der Waals surface area contributed by atoms with Gasteiger partial charge in [0.15, 0.2) is 0 Å². The van der Waals surface area contributed by atoms with Crippen LogP contribution < -0.4 is 10.2 Å². The summed E-state index contributed by atoms with van der Waals surface area (Å²) in [5, 5.41) is 3.60. The summed E-state index contributed by atoms with van der Waals surface area (Å²) in [6.45, 7) is 12.6. The zero-order valence-electron chi connectivity index (χ0n) is 13.3. The first-order chi connectivity index (χ1) is 9.56. The van der Waals surface area contributed by atoms with Crippen LogP contribution in [0.1, 0.15) is 45.7 Å². The zero-order valence-corrected chi connectivity index (χ0v) is 13.3. The van der Waals surface area contributed by atoms with Crippen LogP contribution in [-0.2, 0) is 4.74 Å². The topological polar surface area (TPSA) is 24.5 Å². The molecular weight excluding hydrogens is 248 g/mol. The first-order valence-electron chi connectivity index (χ1n) is 7.74. The molecule has 0 amide bonds. The SMILES string of the molecule is CCCNC(C)c1ccccc1N1CCOCC1(C)C. The second-order valence-electron chi connectivity index (χ2n) is 6.25. The van der Waals surface area contributed by atoms with Crippen LogP contribution in [0, 0.1) is 0 Å². The Labute approximate surface area is 123 Å². The van der Waals surface area contributed by atoms with Crippen LogP contribution in [0.3, 0.4) is 0 Å². The van der Waals surface area contributed by atoms with Crippen molar-refractivity contribution >= 4 is 5.69 Å². The normalized spacial score (nSPS) is 19.9. The molecule has 0 bridgehead atoms. The maximum Gasteiger partial charge on any atom is 0.0694 e. The van der Waals surface area contributed by atoms with E-state index in [9.17, 15) is 0 Å². The molecule has 0 radical (unpaired) electrons. The molecule has 112 valence electrons. The van der Waals surface area contributed by atoms with Crippen molar-refractivity contribution < 1.29 is 4.74 Å². The lowest BCUT2D eigenvalue weighted by molar-refractivity contribution is 0.0642. The predicted molar refractivity (Wildman–Crippen MR) is 85.4 cm³/mol. The number of morpholine rings is 1. The van der Waals surface area contributed by atoms with E-state index >= 15 is 0 Å². The van der Waals surface area contributed by atoms with Crippen molar-refractivity contribution in [3.63, 3.8) is 0 Å². The van der Waals surface area contributed by atoms with Gasteiger partial charge in [-0.15, -0.1) is 0 Å². The van der Waals surface area contributed by atoms with E-state index in [4.69, 9.17) is 4.74 Å². The number of ether oxygens (including phenoxy) is 1. The highest BCUT2D eigenvalue weighted by Gasteiger charge is 2.32. The third-order valence-electron chi connectivity index (χ3n) is 4.04. The fraction of sp³-hybridized carbons (Fsp3) is 0.647. The van der Waals surface area contributed by atoms with Gasteiger partial charge in [0.25, 0.3) is 0 Å². The number of anilines is 1. The second kappa shape index (κ2) is 6.59. The Hall–Kier alpha value is -1.06. The fourth-order valence-electron chi connectivity index (χ4n) is 2.88. The summed E-state index contributed by atoms with van der Waals surface area (Å²) in [7, 11) is 0. The molecular formula is C17H28N2O. The average Bonchev–Trinajstić information content (AvgIpc) is 2.44. The molecule has 1 heterocycles. The first-order valence-corrected chi connectivity index (χ1v) is 7.74. The minimum absolute atomic E-state index is 0.0544. The number of hydrogen-bond acceptors (Lipinski definition) is 3. The molecule has 1 aliphatic heterocycles. The van der Waals surface area contributed by atoms with Gasteiger partial charge in [-0.1, -0.05) is 25.1 Å². The highest BCUT2D eigenvalue weighted by molar-refractivity contribution is 5.57. The Morgan fingerprint density at radius 3 is 2.80 bits per heavy atom. The lowest BCUT2D eigenvalue weighted by Gasteiger charge is -2.45. The smallest absolute Gasteiger partial charge is 0.0694 e. The Balaban J connectivity index is 2.27. The second-order valence-corrected chi connectivity index (χ2v) is 6.25. The van der Waals surface area contributed by atoms with Crippen LogP contribution in [0.4, 0.5) is 5.69 Å². The molecule has 0 spiro atoms. The Bertz CT molecular complexity index is 431. The Morgan fingerprint density at radius 2 is 2.10 bits per heavy atom. The van der Waals surface area contributed by atoms with E-state index in [0.717, 1.165) is 32.7 Å². The maximum atomic E-state index is 5.64. The summed E-state index contributed by atoms with van der Waals surface area (Å²) in [5.74, 6) is 0. The molecule has 20 heavy (non-hydrogen) atoms. The number of hydrogen-bond donors (Lipinski definition) is 1. The van der Waals surface area contributed by atoms with Gasteiger partial charge in [0.05, 0.1) is 18.8 Å². The van der Waals surface area contributed by atoms with Gasteiger partial charge in [-0.2, -0.15) is 0 Å². The van der Waals surface area contributed by atoms with Crippen LogP contribution in [0.5, 0.6) is 0 Å². The average molecular weight is 276 g/mol. The van der Waals surface area contributed by atoms with Crippen LogP contribution >= 0.6 is 0 Å². The van der Waals surface area contributed by atoms with Crippen molar-refractivity contribution in [1.29, 1.82) is 0 Å². The van der Waals surface area contributed by atoms with Gasteiger partial charge < -0.3 is 15.0 Å². The Morgan fingerprint density at radius 1 is 1.35 bits per heavy atom. The minimum atomic E-state index is 0.0544. The first kappa shape index (κ1) is 15.3. The van der Waals surface area contributed by atoms with Gasteiger partial charge in [0, 0.05) is 18.3 Å². The third-order valence-corrected chi connectivity index (χ3v) is 4.04. The molecule has 2 rings (SSSR count). The van der Waals surface area contributed by atoms with Gasteiger partial charge in [-0.05, 0) is 45.4 Å². The number of nitrogens with one attached hydrogen (secondary N) is 1. The molecule has 1 aromatic rings. The van der Waals surface area contributed by atoms with Crippen molar-refractivity contribution in [2.24, 2.45) is 0 Å².